The first-order valence-corrected chi connectivity index (χ1v) is 7.04. The third-order valence-corrected chi connectivity index (χ3v) is 4.21. The first kappa shape index (κ1) is 12.4. The number of aromatic amines is 1. The molecular weight excluding hydrogens is 241 g/mol. The second kappa shape index (κ2) is 5.16. The Kier molecular flexibility index (Phi) is 3.36. The van der Waals surface area contributed by atoms with Crippen LogP contribution in [0.15, 0.2) is 24.4 Å². The van der Waals surface area contributed by atoms with E-state index in [4.69, 9.17) is 0 Å². The van der Waals surface area contributed by atoms with Crippen LogP contribution >= 0.6 is 0 Å². The summed E-state index contributed by atoms with van der Waals surface area (Å²) in [5.74, 6) is 0.435. The molecule has 0 aliphatic heterocycles. The fourth-order valence-corrected chi connectivity index (χ4v) is 3.13. The SMILES string of the molecule is O=C(CCC1CCCC1)c1c[nH]c2cccc(F)c12. The molecule has 0 spiro atoms. The summed E-state index contributed by atoms with van der Waals surface area (Å²) < 4.78 is 13.8. The highest BCUT2D eigenvalue weighted by atomic mass is 19.1. The van der Waals surface area contributed by atoms with Crippen molar-refractivity contribution in [2.75, 3.05) is 0 Å². The van der Waals surface area contributed by atoms with Gasteiger partial charge in [-0.3, -0.25) is 4.79 Å². The van der Waals surface area contributed by atoms with Crippen LogP contribution in [-0.2, 0) is 0 Å². The average Bonchev–Trinajstić information content (AvgIpc) is 3.05. The van der Waals surface area contributed by atoms with Crippen LogP contribution in [0.5, 0.6) is 0 Å². The number of ketones is 1. The summed E-state index contributed by atoms with van der Waals surface area (Å²) in [5, 5.41) is 0.443. The summed E-state index contributed by atoms with van der Waals surface area (Å²) in [5.41, 5.74) is 1.20. The Morgan fingerprint density at radius 2 is 2.11 bits per heavy atom. The number of rotatable bonds is 4. The Balaban J connectivity index is 1.77. The molecule has 0 amide bonds. The Morgan fingerprint density at radius 3 is 2.89 bits per heavy atom. The lowest BCUT2D eigenvalue weighted by Gasteiger charge is -2.07. The van der Waals surface area contributed by atoms with Crippen LogP contribution < -0.4 is 0 Å². The Bertz CT molecular complexity index is 596. The van der Waals surface area contributed by atoms with Gasteiger partial charge < -0.3 is 4.98 Å². The van der Waals surface area contributed by atoms with Crippen LogP contribution in [-0.4, -0.2) is 10.8 Å². The van der Waals surface area contributed by atoms with Crippen molar-refractivity contribution in [2.45, 2.75) is 38.5 Å². The topological polar surface area (TPSA) is 32.9 Å². The van der Waals surface area contributed by atoms with E-state index < -0.39 is 0 Å². The minimum atomic E-state index is -0.317. The molecule has 2 aromatic rings. The van der Waals surface area contributed by atoms with E-state index in [2.05, 4.69) is 4.98 Å². The number of fused-ring (bicyclic) bond motifs is 1. The highest BCUT2D eigenvalue weighted by Crippen LogP contribution is 2.30. The molecule has 3 heteroatoms. The zero-order valence-electron chi connectivity index (χ0n) is 10.9. The van der Waals surface area contributed by atoms with Crippen LogP contribution in [0.1, 0.15) is 48.9 Å². The lowest BCUT2D eigenvalue weighted by molar-refractivity contribution is 0.0975. The predicted octanol–water partition coefficient (Wildman–Crippen LogP) is 4.46. The Hall–Kier alpha value is -1.64. The van der Waals surface area contributed by atoms with Gasteiger partial charge in [0.1, 0.15) is 5.82 Å². The van der Waals surface area contributed by atoms with Crippen molar-refractivity contribution in [2.24, 2.45) is 5.92 Å². The number of nitrogens with one attached hydrogen (secondary N) is 1. The second-order valence-electron chi connectivity index (χ2n) is 5.48. The molecule has 0 unspecified atom stereocenters. The highest BCUT2D eigenvalue weighted by molar-refractivity contribution is 6.08. The van der Waals surface area contributed by atoms with Crippen molar-refractivity contribution < 1.29 is 9.18 Å². The maximum Gasteiger partial charge on any atom is 0.165 e. The van der Waals surface area contributed by atoms with E-state index in [-0.39, 0.29) is 11.6 Å². The van der Waals surface area contributed by atoms with E-state index in [1.807, 2.05) is 0 Å². The fraction of sp³-hybridized carbons (Fsp3) is 0.438. The Morgan fingerprint density at radius 1 is 1.32 bits per heavy atom. The zero-order valence-corrected chi connectivity index (χ0v) is 10.9. The summed E-state index contributed by atoms with van der Waals surface area (Å²) in [7, 11) is 0. The molecule has 1 N–H and O–H groups in total. The van der Waals surface area contributed by atoms with Gasteiger partial charge in [-0.1, -0.05) is 31.7 Å². The molecule has 0 bridgehead atoms. The molecule has 1 saturated carbocycles. The van der Waals surface area contributed by atoms with Gasteiger partial charge in [0.25, 0.3) is 0 Å². The van der Waals surface area contributed by atoms with Gasteiger partial charge in [0, 0.05) is 29.1 Å². The molecular formula is C16H18FNO. The number of aromatic nitrogens is 1. The zero-order chi connectivity index (χ0) is 13.2. The number of halogens is 1. The number of H-pyrrole nitrogens is 1. The largest absolute Gasteiger partial charge is 0.360 e. The molecule has 1 aliphatic rings. The third-order valence-electron chi connectivity index (χ3n) is 4.21. The first-order valence-electron chi connectivity index (χ1n) is 7.04. The third kappa shape index (κ3) is 2.42. The van der Waals surface area contributed by atoms with Crippen LogP contribution in [0.3, 0.4) is 0 Å². The summed E-state index contributed by atoms with van der Waals surface area (Å²) in [6, 6.07) is 4.86. The van der Waals surface area contributed by atoms with E-state index >= 15 is 0 Å². The lowest BCUT2D eigenvalue weighted by atomic mass is 9.97. The molecule has 19 heavy (non-hydrogen) atoms. The summed E-state index contributed by atoms with van der Waals surface area (Å²) in [6.45, 7) is 0. The van der Waals surface area contributed by atoms with Gasteiger partial charge in [-0.25, -0.2) is 4.39 Å². The first-order chi connectivity index (χ1) is 9.25. The Labute approximate surface area is 112 Å². The number of carbonyl (C=O) groups is 1. The van der Waals surface area contributed by atoms with Crippen molar-refractivity contribution in [3.63, 3.8) is 0 Å². The smallest absolute Gasteiger partial charge is 0.165 e. The number of carbonyl (C=O) groups excluding carboxylic acids is 1. The van der Waals surface area contributed by atoms with Gasteiger partial charge >= 0.3 is 0 Å². The summed E-state index contributed by atoms with van der Waals surface area (Å²) in [4.78, 5) is 15.2. The average molecular weight is 259 g/mol. The molecule has 1 aliphatic carbocycles. The van der Waals surface area contributed by atoms with Gasteiger partial charge in [-0.05, 0) is 24.5 Å². The molecule has 1 aromatic carbocycles. The number of benzene rings is 1. The molecule has 1 fully saturated rings. The van der Waals surface area contributed by atoms with Crippen molar-refractivity contribution in [1.82, 2.24) is 4.98 Å². The van der Waals surface area contributed by atoms with E-state index in [9.17, 15) is 9.18 Å². The maximum absolute atomic E-state index is 13.8. The molecule has 100 valence electrons. The van der Waals surface area contributed by atoms with E-state index in [1.54, 1.807) is 18.3 Å². The molecule has 0 atom stereocenters. The van der Waals surface area contributed by atoms with Crippen LogP contribution in [0.2, 0.25) is 0 Å². The molecule has 1 aromatic heterocycles. The lowest BCUT2D eigenvalue weighted by Crippen LogP contribution is -2.02. The minimum Gasteiger partial charge on any atom is -0.360 e. The predicted molar refractivity (Wildman–Crippen MR) is 73.8 cm³/mol. The van der Waals surface area contributed by atoms with Crippen LogP contribution in [0.25, 0.3) is 10.9 Å². The minimum absolute atomic E-state index is 0.0586. The summed E-state index contributed by atoms with van der Waals surface area (Å²) >= 11 is 0. The number of hydrogen-bond acceptors (Lipinski definition) is 1. The monoisotopic (exact) mass is 259 g/mol. The van der Waals surface area contributed by atoms with Crippen LogP contribution in [0, 0.1) is 11.7 Å². The quantitative estimate of drug-likeness (QED) is 0.808. The van der Waals surface area contributed by atoms with Gasteiger partial charge in [-0.15, -0.1) is 0 Å². The highest BCUT2D eigenvalue weighted by Gasteiger charge is 2.19. The molecule has 2 nitrogen and oxygen atoms in total. The standard InChI is InChI=1S/C16H18FNO/c17-13-6-3-7-14-16(13)12(10-18-14)15(19)9-8-11-4-1-2-5-11/h3,6-7,10-11,18H,1-2,4-5,8-9H2. The number of Topliss-reactive ketones (excluding diaryl/α,β-unsaturated/α-hetero) is 1. The maximum atomic E-state index is 13.8. The molecule has 0 saturated heterocycles. The molecule has 1 heterocycles. The number of hydrogen-bond donors (Lipinski definition) is 1. The van der Waals surface area contributed by atoms with Crippen LogP contribution in [0.4, 0.5) is 4.39 Å². The van der Waals surface area contributed by atoms with Gasteiger partial charge in [0.15, 0.2) is 5.78 Å². The van der Waals surface area contributed by atoms with E-state index in [0.29, 0.717) is 28.8 Å². The molecule has 0 radical (unpaired) electrons. The van der Waals surface area contributed by atoms with Crippen molar-refractivity contribution in [3.8, 4) is 0 Å². The van der Waals surface area contributed by atoms with Crippen molar-refractivity contribution in [1.29, 1.82) is 0 Å². The van der Waals surface area contributed by atoms with Gasteiger partial charge in [-0.2, -0.15) is 0 Å². The second-order valence-corrected chi connectivity index (χ2v) is 5.48. The van der Waals surface area contributed by atoms with Gasteiger partial charge in [0.2, 0.25) is 0 Å². The molecule has 3 rings (SSSR count). The fourth-order valence-electron chi connectivity index (χ4n) is 3.13. The summed E-state index contributed by atoms with van der Waals surface area (Å²) in [6.07, 6.45) is 8.20. The van der Waals surface area contributed by atoms with E-state index in [0.717, 1.165) is 6.42 Å². The van der Waals surface area contributed by atoms with E-state index in [1.165, 1.54) is 31.7 Å². The van der Waals surface area contributed by atoms with Gasteiger partial charge in [0.05, 0.1) is 0 Å². The van der Waals surface area contributed by atoms with Crippen molar-refractivity contribution in [3.05, 3.63) is 35.8 Å². The van der Waals surface area contributed by atoms with Crippen molar-refractivity contribution >= 4 is 16.7 Å². The normalized spacial score (nSPS) is 16.3.